The van der Waals surface area contributed by atoms with Crippen LogP contribution in [0.4, 0.5) is 0 Å². The second-order valence-electron chi connectivity index (χ2n) is 6.19. The van der Waals surface area contributed by atoms with Crippen LogP contribution in [0.3, 0.4) is 0 Å². The predicted octanol–water partition coefficient (Wildman–Crippen LogP) is -5.50. The molecule has 0 spiro atoms. The van der Waals surface area contributed by atoms with Crippen molar-refractivity contribution in [2.75, 3.05) is 79.8 Å². The van der Waals surface area contributed by atoms with E-state index in [4.69, 9.17) is 9.47 Å². The van der Waals surface area contributed by atoms with Gasteiger partial charge in [0.25, 0.3) is 0 Å². The molecule has 120 valence electrons. The van der Waals surface area contributed by atoms with Crippen molar-refractivity contribution in [3.05, 3.63) is 12.2 Å². The zero-order valence-corrected chi connectivity index (χ0v) is 14.2. The molecule has 2 fully saturated rings. The molecule has 0 amide bonds. The lowest BCUT2D eigenvalue weighted by Crippen LogP contribution is -3.00. The van der Waals surface area contributed by atoms with Crippen molar-refractivity contribution in [2.45, 2.75) is 0 Å². The third-order valence-corrected chi connectivity index (χ3v) is 4.36. The van der Waals surface area contributed by atoms with Gasteiger partial charge in [-0.1, -0.05) is 0 Å². The molecule has 2 saturated heterocycles. The number of hydrogen-bond donors (Lipinski definition) is 0. The summed E-state index contributed by atoms with van der Waals surface area (Å²) in [7, 11) is 4.66. The minimum absolute atomic E-state index is 0. The van der Waals surface area contributed by atoms with Crippen molar-refractivity contribution in [1.82, 2.24) is 0 Å². The Balaban J connectivity index is 0.00000180. The summed E-state index contributed by atoms with van der Waals surface area (Å²) in [5.41, 5.74) is 0. The minimum Gasteiger partial charge on any atom is -1.00 e. The predicted molar refractivity (Wildman–Crippen MR) is 72.3 cm³/mol. The summed E-state index contributed by atoms with van der Waals surface area (Å²) >= 11 is 0. The van der Waals surface area contributed by atoms with Gasteiger partial charge >= 0.3 is 0 Å². The zero-order chi connectivity index (χ0) is 12.9. The Labute approximate surface area is 135 Å². The molecule has 4 nitrogen and oxygen atoms in total. The second kappa shape index (κ2) is 9.23. The highest BCUT2D eigenvalue weighted by Gasteiger charge is 2.25. The molecular formula is C14H28Cl2N2O2. The van der Waals surface area contributed by atoms with Crippen molar-refractivity contribution < 1.29 is 43.3 Å². The van der Waals surface area contributed by atoms with Crippen LogP contribution < -0.4 is 24.8 Å². The number of morpholine rings is 2. The molecule has 0 N–H and O–H groups in total. The molecule has 2 heterocycles. The van der Waals surface area contributed by atoms with Gasteiger partial charge in [-0.25, -0.2) is 0 Å². The van der Waals surface area contributed by atoms with E-state index in [0.29, 0.717) is 0 Å². The standard InChI is InChI=1S/C14H28N2O2.2ClH/c1-15(7-11-17-12-8-15)5-3-4-6-16(2)9-13-18-14-10-16;;/h3-4H,5-14H2,1-2H3;2*1H/q+2;;/p-2. The molecule has 2 aliphatic rings. The van der Waals surface area contributed by atoms with Gasteiger partial charge in [-0.05, 0) is 12.2 Å². The molecule has 0 aromatic heterocycles. The van der Waals surface area contributed by atoms with Crippen molar-refractivity contribution in [1.29, 1.82) is 0 Å². The van der Waals surface area contributed by atoms with Crippen molar-refractivity contribution in [2.24, 2.45) is 0 Å². The molecular weight excluding hydrogens is 299 g/mol. The van der Waals surface area contributed by atoms with Gasteiger partial charge in [0.2, 0.25) is 0 Å². The fraction of sp³-hybridized carbons (Fsp3) is 0.857. The summed E-state index contributed by atoms with van der Waals surface area (Å²) < 4.78 is 13.1. The number of nitrogens with zero attached hydrogens (tertiary/aromatic N) is 2. The molecule has 0 atom stereocenters. The van der Waals surface area contributed by atoms with E-state index in [1.807, 2.05) is 0 Å². The van der Waals surface area contributed by atoms with Crippen molar-refractivity contribution in [3.8, 4) is 0 Å². The van der Waals surface area contributed by atoms with Gasteiger partial charge in [0.15, 0.2) is 0 Å². The molecule has 2 rings (SSSR count). The van der Waals surface area contributed by atoms with Gasteiger partial charge in [0.05, 0.1) is 53.6 Å². The summed E-state index contributed by atoms with van der Waals surface area (Å²) in [5, 5.41) is 0. The highest BCUT2D eigenvalue weighted by molar-refractivity contribution is 4.82. The summed E-state index contributed by atoms with van der Waals surface area (Å²) in [6.45, 7) is 10.5. The Morgan fingerprint density at radius 3 is 1.30 bits per heavy atom. The smallest absolute Gasteiger partial charge is 0.102 e. The highest BCUT2D eigenvalue weighted by atomic mass is 35.5. The maximum absolute atomic E-state index is 5.43. The molecule has 0 saturated carbocycles. The number of hydrogen-bond acceptors (Lipinski definition) is 2. The van der Waals surface area contributed by atoms with E-state index >= 15 is 0 Å². The van der Waals surface area contributed by atoms with Crippen LogP contribution in [0, 0.1) is 0 Å². The molecule has 20 heavy (non-hydrogen) atoms. The molecule has 0 bridgehead atoms. The first-order chi connectivity index (χ1) is 8.62. The van der Waals surface area contributed by atoms with E-state index in [-0.39, 0.29) is 24.8 Å². The Kier molecular flexibility index (Phi) is 9.31. The third kappa shape index (κ3) is 6.29. The Morgan fingerprint density at radius 1 is 0.700 bits per heavy atom. The number of ether oxygens (including phenoxy) is 2. The SMILES string of the molecule is C[N+]1(CC=CC[N+]2(C)CCOCC2)CCOCC1.[Cl-].[Cl-]. The second-order valence-corrected chi connectivity index (χ2v) is 6.19. The monoisotopic (exact) mass is 326 g/mol. The minimum atomic E-state index is 0. The van der Waals surface area contributed by atoms with Crippen LogP contribution in [-0.4, -0.2) is 88.8 Å². The van der Waals surface area contributed by atoms with Crippen molar-refractivity contribution >= 4 is 0 Å². The molecule has 0 aromatic carbocycles. The zero-order valence-electron chi connectivity index (χ0n) is 12.7. The Hall–Kier alpha value is 0.160. The van der Waals surface area contributed by atoms with E-state index in [0.717, 1.165) is 74.7 Å². The normalized spacial score (nSPS) is 24.7. The maximum Gasteiger partial charge on any atom is 0.102 e. The van der Waals surface area contributed by atoms with Crippen LogP contribution in [0.2, 0.25) is 0 Å². The van der Waals surface area contributed by atoms with Crippen LogP contribution in [0.15, 0.2) is 12.2 Å². The summed E-state index contributed by atoms with van der Waals surface area (Å²) in [4.78, 5) is 0. The molecule has 2 aliphatic heterocycles. The van der Waals surface area contributed by atoms with Crippen LogP contribution in [-0.2, 0) is 9.47 Å². The number of quaternary nitrogens is 2. The first-order valence-electron chi connectivity index (χ1n) is 7.10. The van der Waals surface area contributed by atoms with Gasteiger partial charge in [0.1, 0.15) is 26.2 Å². The number of rotatable bonds is 4. The first-order valence-corrected chi connectivity index (χ1v) is 7.10. The molecule has 0 radical (unpaired) electrons. The Morgan fingerprint density at radius 2 is 1.00 bits per heavy atom. The van der Waals surface area contributed by atoms with Gasteiger partial charge in [-0.3, -0.25) is 0 Å². The molecule has 0 unspecified atom stereocenters. The summed E-state index contributed by atoms with van der Waals surface area (Å²) in [6.07, 6.45) is 4.73. The van der Waals surface area contributed by atoms with Crippen molar-refractivity contribution in [3.63, 3.8) is 0 Å². The average Bonchev–Trinajstić information content (AvgIpc) is 2.37. The Bertz CT molecular complexity index is 261. The van der Waals surface area contributed by atoms with E-state index in [9.17, 15) is 0 Å². The largest absolute Gasteiger partial charge is 1.00 e. The van der Waals surface area contributed by atoms with Gasteiger partial charge in [-0.2, -0.15) is 0 Å². The van der Waals surface area contributed by atoms with E-state index < -0.39 is 0 Å². The molecule has 6 heteroatoms. The fourth-order valence-electron chi connectivity index (χ4n) is 2.59. The molecule has 0 aliphatic carbocycles. The van der Waals surface area contributed by atoms with E-state index in [2.05, 4.69) is 26.2 Å². The van der Waals surface area contributed by atoms with Gasteiger partial charge in [0, 0.05) is 0 Å². The van der Waals surface area contributed by atoms with E-state index in [1.54, 1.807) is 0 Å². The molecule has 0 aromatic rings. The fourth-order valence-corrected chi connectivity index (χ4v) is 2.59. The lowest BCUT2D eigenvalue weighted by molar-refractivity contribution is -0.913. The lowest BCUT2D eigenvalue weighted by Gasteiger charge is -2.37. The van der Waals surface area contributed by atoms with Crippen LogP contribution in [0.1, 0.15) is 0 Å². The van der Waals surface area contributed by atoms with E-state index in [1.165, 1.54) is 0 Å². The van der Waals surface area contributed by atoms with Crippen LogP contribution >= 0.6 is 0 Å². The average molecular weight is 327 g/mol. The quantitative estimate of drug-likeness (QED) is 0.379. The first kappa shape index (κ1) is 20.2. The maximum atomic E-state index is 5.43. The highest BCUT2D eigenvalue weighted by Crippen LogP contribution is 2.09. The van der Waals surface area contributed by atoms with Gasteiger partial charge < -0.3 is 43.3 Å². The third-order valence-electron chi connectivity index (χ3n) is 4.36. The number of likely N-dealkylation sites (N-methyl/N-ethyl adjacent to an activating group) is 2. The summed E-state index contributed by atoms with van der Waals surface area (Å²) in [6, 6.07) is 0. The topological polar surface area (TPSA) is 18.5 Å². The summed E-state index contributed by atoms with van der Waals surface area (Å²) in [5.74, 6) is 0. The van der Waals surface area contributed by atoms with Gasteiger partial charge in [-0.15, -0.1) is 0 Å². The van der Waals surface area contributed by atoms with Crippen LogP contribution in [0.25, 0.3) is 0 Å². The number of halogens is 2. The lowest BCUT2D eigenvalue weighted by atomic mass is 10.3. The van der Waals surface area contributed by atoms with Crippen LogP contribution in [0.5, 0.6) is 0 Å².